The van der Waals surface area contributed by atoms with E-state index in [2.05, 4.69) is 19.1 Å². The van der Waals surface area contributed by atoms with Crippen molar-refractivity contribution in [2.45, 2.75) is 32.6 Å². The summed E-state index contributed by atoms with van der Waals surface area (Å²) >= 11 is 0. The smallest absolute Gasteiger partial charge is 0.118 e. The molecule has 0 atom stereocenters. The van der Waals surface area contributed by atoms with Crippen molar-refractivity contribution < 1.29 is 4.74 Å². The Labute approximate surface area is 80.7 Å². The Bertz CT molecular complexity index is 225. The second-order valence-corrected chi connectivity index (χ2v) is 3.31. The van der Waals surface area contributed by atoms with Gasteiger partial charge in [-0.2, -0.15) is 0 Å². The van der Waals surface area contributed by atoms with Gasteiger partial charge < -0.3 is 4.74 Å². The van der Waals surface area contributed by atoms with Crippen molar-refractivity contribution in [1.82, 2.24) is 0 Å². The van der Waals surface area contributed by atoms with E-state index in [1.54, 1.807) is 7.11 Å². The number of rotatable bonds is 5. The van der Waals surface area contributed by atoms with E-state index in [0.29, 0.717) is 0 Å². The molecule has 0 saturated carbocycles. The fourth-order valence-electron chi connectivity index (χ4n) is 1.37. The van der Waals surface area contributed by atoms with Gasteiger partial charge in [0, 0.05) is 0 Å². The number of benzene rings is 1. The monoisotopic (exact) mass is 178 g/mol. The van der Waals surface area contributed by atoms with E-state index in [1.165, 1.54) is 31.2 Å². The van der Waals surface area contributed by atoms with Crippen LogP contribution in [0.5, 0.6) is 5.75 Å². The molecule has 0 aliphatic carbocycles. The van der Waals surface area contributed by atoms with Crippen LogP contribution in [0.1, 0.15) is 31.7 Å². The first-order valence-electron chi connectivity index (χ1n) is 4.99. The molecule has 0 unspecified atom stereocenters. The molecule has 0 radical (unpaired) electrons. The van der Waals surface area contributed by atoms with Crippen LogP contribution < -0.4 is 4.74 Å². The van der Waals surface area contributed by atoms with Crippen LogP contribution in [-0.4, -0.2) is 7.11 Å². The molecule has 0 heterocycles. The first-order valence-corrected chi connectivity index (χ1v) is 4.99. The zero-order chi connectivity index (χ0) is 9.52. The van der Waals surface area contributed by atoms with Gasteiger partial charge in [0.2, 0.25) is 0 Å². The lowest BCUT2D eigenvalue weighted by Gasteiger charge is -2.02. The normalized spacial score (nSPS) is 10.0. The molecule has 0 fully saturated rings. The van der Waals surface area contributed by atoms with Crippen LogP contribution >= 0.6 is 0 Å². The van der Waals surface area contributed by atoms with Crippen molar-refractivity contribution in [2.24, 2.45) is 0 Å². The van der Waals surface area contributed by atoms with E-state index in [9.17, 15) is 0 Å². The fraction of sp³-hybridized carbons (Fsp3) is 0.500. The summed E-state index contributed by atoms with van der Waals surface area (Å²) in [6.45, 7) is 2.23. The van der Waals surface area contributed by atoms with Gasteiger partial charge in [0.15, 0.2) is 0 Å². The molecule has 0 amide bonds. The molecule has 0 aromatic heterocycles. The summed E-state index contributed by atoms with van der Waals surface area (Å²) in [5.41, 5.74) is 1.41. The lowest BCUT2D eigenvalue weighted by Crippen LogP contribution is -1.86. The van der Waals surface area contributed by atoms with Crippen LogP contribution in [0.25, 0.3) is 0 Å². The Morgan fingerprint density at radius 2 is 1.77 bits per heavy atom. The summed E-state index contributed by atoms with van der Waals surface area (Å²) in [6.07, 6.45) is 5.10. The van der Waals surface area contributed by atoms with Gasteiger partial charge in [-0.1, -0.05) is 31.9 Å². The van der Waals surface area contributed by atoms with E-state index in [0.717, 1.165) is 5.75 Å². The van der Waals surface area contributed by atoms with E-state index in [4.69, 9.17) is 4.74 Å². The van der Waals surface area contributed by atoms with E-state index in [-0.39, 0.29) is 0 Å². The Morgan fingerprint density at radius 3 is 2.31 bits per heavy atom. The third-order valence-corrected chi connectivity index (χ3v) is 2.23. The highest BCUT2D eigenvalue weighted by molar-refractivity contribution is 5.27. The standard InChI is InChI=1S/C12H18O/c1-3-4-5-6-11-7-9-12(13-2)10-8-11/h7-10H,3-6H2,1-2H3. The average Bonchev–Trinajstić information content (AvgIpc) is 2.19. The Morgan fingerprint density at radius 1 is 1.08 bits per heavy atom. The van der Waals surface area contributed by atoms with Crippen LogP contribution in [0.4, 0.5) is 0 Å². The van der Waals surface area contributed by atoms with E-state index >= 15 is 0 Å². The van der Waals surface area contributed by atoms with Crippen molar-refractivity contribution in [3.8, 4) is 5.75 Å². The molecule has 1 heteroatoms. The van der Waals surface area contributed by atoms with Crippen molar-refractivity contribution in [2.75, 3.05) is 7.11 Å². The second-order valence-electron chi connectivity index (χ2n) is 3.31. The Kier molecular flexibility index (Phi) is 4.37. The number of methoxy groups -OCH3 is 1. The largest absolute Gasteiger partial charge is 0.497 e. The highest BCUT2D eigenvalue weighted by Crippen LogP contribution is 2.13. The predicted octanol–water partition coefficient (Wildman–Crippen LogP) is 3.43. The Balaban J connectivity index is 2.40. The van der Waals surface area contributed by atoms with Crippen LogP contribution in [0, 0.1) is 0 Å². The molecule has 0 aliphatic heterocycles. The van der Waals surface area contributed by atoms with Crippen molar-refractivity contribution in [3.05, 3.63) is 29.8 Å². The zero-order valence-electron chi connectivity index (χ0n) is 8.55. The number of ether oxygens (including phenoxy) is 1. The zero-order valence-corrected chi connectivity index (χ0v) is 8.55. The lowest BCUT2D eigenvalue weighted by molar-refractivity contribution is 0.414. The third-order valence-electron chi connectivity index (χ3n) is 2.23. The third kappa shape index (κ3) is 3.49. The first-order chi connectivity index (χ1) is 6.36. The van der Waals surface area contributed by atoms with Gasteiger partial charge in [-0.25, -0.2) is 0 Å². The average molecular weight is 178 g/mol. The molecule has 1 nitrogen and oxygen atoms in total. The minimum atomic E-state index is 0.944. The molecule has 0 bridgehead atoms. The van der Waals surface area contributed by atoms with Crippen LogP contribution in [-0.2, 0) is 6.42 Å². The number of hydrogen-bond acceptors (Lipinski definition) is 1. The quantitative estimate of drug-likeness (QED) is 0.628. The summed E-state index contributed by atoms with van der Waals surface area (Å²) in [5, 5.41) is 0. The van der Waals surface area contributed by atoms with Crippen molar-refractivity contribution in [1.29, 1.82) is 0 Å². The molecule has 72 valence electrons. The predicted molar refractivity (Wildman–Crippen MR) is 56.2 cm³/mol. The van der Waals surface area contributed by atoms with Gasteiger partial charge in [0.1, 0.15) is 5.75 Å². The summed E-state index contributed by atoms with van der Waals surface area (Å²) in [6, 6.07) is 8.35. The molecule has 0 spiro atoms. The van der Waals surface area contributed by atoms with Crippen LogP contribution in [0.15, 0.2) is 24.3 Å². The summed E-state index contributed by atoms with van der Waals surface area (Å²) in [5.74, 6) is 0.944. The van der Waals surface area contributed by atoms with E-state index < -0.39 is 0 Å². The molecule has 1 aromatic carbocycles. The number of hydrogen-bond donors (Lipinski definition) is 0. The molecule has 0 N–H and O–H groups in total. The summed E-state index contributed by atoms with van der Waals surface area (Å²) in [4.78, 5) is 0. The highest BCUT2D eigenvalue weighted by Gasteiger charge is 1.93. The molecule has 0 saturated heterocycles. The topological polar surface area (TPSA) is 9.23 Å². The highest BCUT2D eigenvalue weighted by atomic mass is 16.5. The van der Waals surface area contributed by atoms with Gasteiger partial charge in [-0.05, 0) is 30.5 Å². The maximum absolute atomic E-state index is 5.09. The van der Waals surface area contributed by atoms with Crippen molar-refractivity contribution in [3.63, 3.8) is 0 Å². The maximum Gasteiger partial charge on any atom is 0.118 e. The van der Waals surface area contributed by atoms with Gasteiger partial charge in [-0.15, -0.1) is 0 Å². The second kappa shape index (κ2) is 5.63. The fourth-order valence-corrected chi connectivity index (χ4v) is 1.37. The first kappa shape index (κ1) is 10.1. The van der Waals surface area contributed by atoms with Gasteiger partial charge in [0.05, 0.1) is 7.11 Å². The molecule has 13 heavy (non-hydrogen) atoms. The van der Waals surface area contributed by atoms with Gasteiger partial charge in [-0.3, -0.25) is 0 Å². The Hall–Kier alpha value is -0.980. The minimum absolute atomic E-state index is 0.944. The lowest BCUT2D eigenvalue weighted by atomic mass is 10.1. The number of aryl methyl sites for hydroxylation is 1. The van der Waals surface area contributed by atoms with E-state index in [1.807, 2.05) is 12.1 Å². The molecular weight excluding hydrogens is 160 g/mol. The molecule has 1 aromatic rings. The maximum atomic E-state index is 5.09. The SMILES string of the molecule is CCCCCc1ccc(OC)cc1. The molecular formula is C12H18O. The number of unbranched alkanes of at least 4 members (excludes halogenated alkanes) is 2. The van der Waals surface area contributed by atoms with Gasteiger partial charge in [0.25, 0.3) is 0 Å². The van der Waals surface area contributed by atoms with Crippen LogP contribution in [0.3, 0.4) is 0 Å². The van der Waals surface area contributed by atoms with Crippen LogP contribution in [0.2, 0.25) is 0 Å². The molecule has 0 aliphatic rings. The summed E-state index contributed by atoms with van der Waals surface area (Å²) < 4.78 is 5.09. The van der Waals surface area contributed by atoms with Gasteiger partial charge >= 0.3 is 0 Å². The summed E-state index contributed by atoms with van der Waals surface area (Å²) in [7, 11) is 1.70. The molecule has 1 rings (SSSR count). The van der Waals surface area contributed by atoms with Crippen molar-refractivity contribution >= 4 is 0 Å². The minimum Gasteiger partial charge on any atom is -0.497 e.